The number of benzene rings is 4. The fourth-order valence-electron chi connectivity index (χ4n) is 7.59. The Morgan fingerprint density at radius 1 is 0.574 bits per heavy atom. The van der Waals surface area contributed by atoms with E-state index in [-0.39, 0.29) is 0 Å². The number of ketones is 1. The molecule has 2 bridgehead atoms. The van der Waals surface area contributed by atoms with Crippen molar-refractivity contribution < 1.29 is 133 Å². The molecule has 7 atom stereocenters. The number of rotatable bonds is 6. The molecule has 68 heavy (non-hydrogen) atoms. The lowest BCUT2D eigenvalue weighted by Crippen LogP contribution is -2.70. The number of hydrogen-bond acceptors (Lipinski definition) is 27. The van der Waals surface area contributed by atoms with Crippen molar-refractivity contribution in [2.24, 2.45) is 0 Å². The first kappa shape index (κ1) is 45.6. The number of aromatic hydroxyl groups is 11. The van der Waals surface area contributed by atoms with E-state index in [1.807, 2.05) is 0 Å². The van der Waals surface area contributed by atoms with Crippen LogP contribution in [0.1, 0.15) is 52.9 Å². The third kappa shape index (κ3) is 7.18. The molecule has 3 heterocycles. The lowest BCUT2D eigenvalue weighted by atomic mass is 9.70. The maximum absolute atomic E-state index is 14.5. The first-order chi connectivity index (χ1) is 31.8. The number of cyclic esters (lactones) is 1. The molecule has 1 aliphatic carbocycles. The Balaban J connectivity index is 1.32. The summed E-state index contributed by atoms with van der Waals surface area (Å²) < 4.78 is 38.6. The van der Waals surface area contributed by atoms with Gasteiger partial charge in [-0.05, 0) is 48.5 Å². The molecule has 27 nitrogen and oxygen atoms in total. The van der Waals surface area contributed by atoms with Gasteiger partial charge in [0.05, 0.1) is 33.7 Å². The molecule has 4 aromatic rings. The van der Waals surface area contributed by atoms with Gasteiger partial charge in [0, 0.05) is 5.56 Å². The van der Waals surface area contributed by atoms with Crippen LogP contribution < -0.4 is 4.74 Å². The van der Waals surface area contributed by atoms with Gasteiger partial charge in [0.1, 0.15) is 12.7 Å². The van der Waals surface area contributed by atoms with E-state index < -0.39 is 193 Å². The molecule has 27 heteroatoms. The fourth-order valence-corrected chi connectivity index (χ4v) is 7.59. The zero-order valence-corrected chi connectivity index (χ0v) is 33.4. The van der Waals surface area contributed by atoms with Crippen molar-refractivity contribution in [3.05, 3.63) is 81.9 Å². The first-order valence-corrected chi connectivity index (χ1v) is 19.0. The highest BCUT2D eigenvalue weighted by Crippen LogP contribution is 2.58. The van der Waals surface area contributed by atoms with Crippen molar-refractivity contribution in [2.75, 3.05) is 6.61 Å². The van der Waals surface area contributed by atoms with E-state index in [2.05, 4.69) is 0 Å². The summed E-state index contributed by atoms with van der Waals surface area (Å²) in [5.74, 6) is -34.2. The molecule has 0 radical (unpaired) electrons. The fraction of sp³-hybridized carbons (Fsp3) is 0.220. The quantitative estimate of drug-likeness (QED) is 0.0473. The summed E-state index contributed by atoms with van der Waals surface area (Å²) >= 11 is 0. The first-order valence-electron chi connectivity index (χ1n) is 19.0. The van der Waals surface area contributed by atoms with Crippen LogP contribution >= 0.6 is 0 Å². The van der Waals surface area contributed by atoms with Crippen LogP contribution in [0.15, 0.2) is 54.1 Å². The molecule has 8 rings (SSSR count). The lowest BCUT2D eigenvalue weighted by molar-refractivity contribution is -0.339. The molecule has 0 amide bonds. The summed E-state index contributed by atoms with van der Waals surface area (Å²) in [6.07, 6.45) is -12.0. The number of carbonyl (C=O) groups excluding carboxylic acids is 6. The smallest absolute Gasteiger partial charge is 0.340 e. The van der Waals surface area contributed by atoms with E-state index in [9.17, 15) is 100 Å². The largest absolute Gasteiger partial charge is 0.504 e. The van der Waals surface area contributed by atoms with Crippen LogP contribution in [-0.4, -0.2) is 156 Å². The van der Waals surface area contributed by atoms with E-state index in [0.29, 0.717) is 48.5 Å². The van der Waals surface area contributed by atoms with E-state index in [4.69, 9.17) is 33.2 Å². The van der Waals surface area contributed by atoms with Gasteiger partial charge in [0.15, 0.2) is 75.5 Å². The molecule has 356 valence electrons. The highest BCUT2D eigenvalue weighted by molar-refractivity contribution is 6.08. The van der Waals surface area contributed by atoms with Crippen LogP contribution in [0.5, 0.6) is 69.0 Å². The minimum atomic E-state index is -3.90. The number of phenolic OH excluding ortho intramolecular Hbond substituents is 11. The monoisotopic (exact) mass is 954 g/mol. The molecule has 4 aliphatic rings. The highest BCUT2D eigenvalue weighted by atomic mass is 16.7. The minimum absolute atomic E-state index is 0.325. The van der Waals surface area contributed by atoms with Crippen LogP contribution in [0.2, 0.25) is 0 Å². The lowest BCUT2D eigenvalue weighted by Gasteiger charge is -2.49. The predicted octanol–water partition coefficient (Wildman–Crippen LogP) is -1.08. The molecule has 3 aliphatic heterocycles. The van der Waals surface area contributed by atoms with Gasteiger partial charge in [-0.2, -0.15) is 0 Å². The minimum Gasteiger partial charge on any atom is -0.504 e. The molecule has 4 aromatic carbocycles. The molecule has 0 aromatic heterocycles. The van der Waals surface area contributed by atoms with Crippen molar-refractivity contribution in [3.8, 4) is 69.0 Å². The number of phenols is 11. The second-order valence-corrected chi connectivity index (χ2v) is 15.1. The Hall–Kier alpha value is -8.92. The molecule has 1 fully saturated rings. The standard InChI is InChI=1S/C41H30O27/c42-15-1-10(2-16(43)26(15)50)34(54)65-32-30-22(9-62-37(57)14-8-23(49)41(61)40(59,60)25(14)24-13(38(58)64-30)7-21(48)29(53)31(24)68-41)63-39(67-36(56)12-5-19(46)28(52)20(47)6-12)33(32)66-35(55)11-3-17(44)27(51)18(45)4-11/h1-8,22,25,30,32-33,39,42-48,50-53,59-61H,9H2/t22-,25+,30-,32-,33-,39+,41-/m1/s1. The number of esters is 5. The Morgan fingerprint density at radius 2 is 1.01 bits per heavy atom. The summed E-state index contributed by atoms with van der Waals surface area (Å²) in [7, 11) is 0. The number of aliphatic hydroxyl groups is 3. The van der Waals surface area contributed by atoms with Gasteiger partial charge in [0.25, 0.3) is 5.79 Å². The molecule has 14 N–H and O–H groups in total. The zero-order valence-electron chi connectivity index (χ0n) is 33.4. The summed E-state index contributed by atoms with van der Waals surface area (Å²) in [6.45, 7) is -1.30. The van der Waals surface area contributed by atoms with Gasteiger partial charge >= 0.3 is 35.6 Å². The van der Waals surface area contributed by atoms with E-state index >= 15 is 0 Å². The summed E-state index contributed by atoms with van der Waals surface area (Å²) in [5.41, 5.74) is -5.52. The summed E-state index contributed by atoms with van der Waals surface area (Å²) in [4.78, 5) is 83.2. The molecule has 0 unspecified atom stereocenters. The van der Waals surface area contributed by atoms with Crippen molar-refractivity contribution in [3.63, 3.8) is 0 Å². The van der Waals surface area contributed by atoms with Gasteiger partial charge in [-0.25, -0.2) is 24.0 Å². The maximum atomic E-state index is 14.5. The van der Waals surface area contributed by atoms with Crippen LogP contribution in [0.25, 0.3) is 0 Å². The van der Waals surface area contributed by atoms with Crippen molar-refractivity contribution in [2.45, 2.75) is 48.2 Å². The van der Waals surface area contributed by atoms with Gasteiger partial charge < -0.3 is 105 Å². The topological polar surface area (TPSA) is 450 Å². The Morgan fingerprint density at radius 3 is 1.50 bits per heavy atom. The molecule has 0 spiro atoms. The Bertz CT molecular complexity index is 2870. The predicted molar refractivity (Wildman–Crippen MR) is 205 cm³/mol. The third-order valence-corrected chi connectivity index (χ3v) is 10.9. The number of ether oxygens (including phenoxy) is 7. The number of fused-ring (bicyclic) bond motifs is 2. The van der Waals surface area contributed by atoms with Crippen molar-refractivity contribution >= 4 is 35.6 Å². The Kier molecular flexibility index (Phi) is 10.7. The maximum Gasteiger partial charge on any atom is 0.340 e. The normalized spacial score (nSPS) is 24.6. The van der Waals surface area contributed by atoms with Gasteiger partial charge in [-0.3, -0.25) is 4.79 Å². The van der Waals surface area contributed by atoms with Crippen LogP contribution in [0, 0.1) is 0 Å². The van der Waals surface area contributed by atoms with Crippen LogP contribution in [0.3, 0.4) is 0 Å². The van der Waals surface area contributed by atoms with Gasteiger partial charge in [-0.1, -0.05) is 0 Å². The Labute approximate surface area is 374 Å². The average molecular weight is 955 g/mol. The van der Waals surface area contributed by atoms with E-state index in [1.165, 1.54) is 0 Å². The second kappa shape index (κ2) is 15.9. The molecule has 1 saturated heterocycles. The highest BCUT2D eigenvalue weighted by Gasteiger charge is 2.70. The van der Waals surface area contributed by atoms with Crippen molar-refractivity contribution in [1.82, 2.24) is 0 Å². The second-order valence-electron chi connectivity index (χ2n) is 15.1. The zero-order chi connectivity index (χ0) is 49.6. The third-order valence-electron chi connectivity index (χ3n) is 10.9. The van der Waals surface area contributed by atoms with Gasteiger partial charge in [-0.15, -0.1) is 0 Å². The van der Waals surface area contributed by atoms with E-state index in [1.54, 1.807) is 0 Å². The molecular formula is C41H30O27. The number of carbonyl (C=O) groups is 6. The van der Waals surface area contributed by atoms with Crippen LogP contribution in [0.4, 0.5) is 0 Å². The summed E-state index contributed by atoms with van der Waals surface area (Å²) in [6, 6.07) is 3.66. The van der Waals surface area contributed by atoms with Gasteiger partial charge in [0.2, 0.25) is 23.9 Å². The molecule has 0 saturated carbocycles. The van der Waals surface area contributed by atoms with E-state index in [0.717, 1.165) is 0 Å². The van der Waals surface area contributed by atoms with Crippen LogP contribution in [-0.2, 0) is 38.0 Å². The average Bonchev–Trinajstić information content (AvgIpc) is 3.28. The SMILES string of the molecule is O=C1OC[C@H]2O[C@@H](OC(=O)c3cc(O)c(O)c(O)c3)[C@H](OC(=O)c3cc(O)c(O)c(O)c3)[C@H](OC(=O)c3cc(O)c(O)c(O)c3)[C@@H]2OC(=O)c2cc(O)c(O)c3c2[C@@H]2C1=CC(=O)[C@@](O)(O3)C2(O)O. The number of hydrogen-bond donors (Lipinski definition) is 14. The molecular weight excluding hydrogens is 924 g/mol. The summed E-state index contributed by atoms with van der Waals surface area (Å²) in [5, 5.41) is 146. The van der Waals surface area contributed by atoms with Crippen molar-refractivity contribution in [1.29, 1.82) is 0 Å².